The topological polar surface area (TPSA) is 58.1 Å². The summed E-state index contributed by atoms with van der Waals surface area (Å²) in [6.45, 7) is 7.92. The number of anilines is 2. The zero-order valence-electron chi connectivity index (χ0n) is 17.1. The molecule has 5 heteroatoms. The number of amides is 1. The molecule has 4 rings (SSSR count). The van der Waals surface area contributed by atoms with Crippen LogP contribution < -0.4 is 5.32 Å². The Morgan fingerprint density at radius 2 is 1.62 bits per heavy atom. The lowest BCUT2D eigenvalue weighted by Gasteiger charge is -2.28. The van der Waals surface area contributed by atoms with Gasteiger partial charge in [0, 0.05) is 31.2 Å². The van der Waals surface area contributed by atoms with Gasteiger partial charge in [-0.25, -0.2) is 9.97 Å². The molecule has 3 aromatic rings. The second kappa shape index (κ2) is 7.66. The molecule has 1 aliphatic heterocycles. The third kappa shape index (κ3) is 4.29. The number of carbonyl (C=O) groups excluding carboxylic acids is 1. The van der Waals surface area contributed by atoms with Crippen LogP contribution in [0.2, 0.25) is 0 Å². The maximum atomic E-state index is 12.8. The number of hydrogen-bond acceptors (Lipinski definition) is 4. The van der Waals surface area contributed by atoms with Crippen molar-refractivity contribution in [2.45, 2.75) is 39.2 Å². The van der Waals surface area contributed by atoms with E-state index in [1.807, 2.05) is 29.2 Å². The highest BCUT2D eigenvalue weighted by atomic mass is 16.2. The first-order valence-corrected chi connectivity index (χ1v) is 9.96. The third-order valence-corrected chi connectivity index (χ3v) is 5.32. The number of hydrogen-bond donors (Lipinski definition) is 1. The van der Waals surface area contributed by atoms with Crippen molar-refractivity contribution in [2.75, 3.05) is 11.9 Å². The van der Waals surface area contributed by atoms with Crippen LogP contribution in [0, 0.1) is 0 Å². The summed E-state index contributed by atoms with van der Waals surface area (Å²) in [5, 5.41) is 3.19. The number of nitrogens with zero attached hydrogens (tertiary/aromatic N) is 3. The monoisotopic (exact) mass is 386 g/mol. The molecule has 0 radical (unpaired) electrons. The Balaban J connectivity index is 1.42. The van der Waals surface area contributed by atoms with Crippen molar-refractivity contribution in [3.8, 4) is 0 Å². The quantitative estimate of drug-likeness (QED) is 0.708. The molecule has 0 saturated carbocycles. The SMILES string of the molecule is CC(C)(C)c1ccc(Nc2ncc(C(=O)N3CCc4ccccc4C3)cn2)cc1. The Kier molecular flexibility index (Phi) is 5.05. The predicted octanol–water partition coefficient (Wildman–Crippen LogP) is 4.72. The minimum absolute atomic E-state index is 0.0272. The highest BCUT2D eigenvalue weighted by Gasteiger charge is 2.22. The maximum Gasteiger partial charge on any atom is 0.257 e. The van der Waals surface area contributed by atoms with E-state index in [9.17, 15) is 4.79 Å². The Labute approximate surface area is 171 Å². The van der Waals surface area contributed by atoms with Crippen LogP contribution in [0.5, 0.6) is 0 Å². The molecule has 29 heavy (non-hydrogen) atoms. The van der Waals surface area contributed by atoms with Crippen LogP contribution in [-0.2, 0) is 18.4 Å². The van der Waals surface area contributed by atoms with Gasteiger partial charge in [0.25, 0.3) is 5.91 Å². The fourth-order valence-corrected chi connectivity index (χ4v) is 3.54. The van der Waals surface area contributed by atoms with Gasteiger partial charge in [0.1, 0.15) is 0 Å². The molecule has 1 amide bonds. The molecule has 0 unspecified atom stereocenters. The number of rotatable bonds is 3. The Bertz CT molecular complexity index is 1000. The van der Waals surface area contributed by atoms with Gasteiger partial charge in [-0.05, 0) is 40.7 Å². The minimum Gasteiger partial charge on any atom is -0.334 e. The molecule has 1 aromatic heterocycles. The Morgan fingerprint density at radius 3 is 2.28 bits per heavy atom. The van der Waals surface area contributed by atoms with E-state index in [-0.39, 0.29) is 11.3 Å². The average molecular weight is 386 g/mol. The summed E-state index contributed by atoms with van der Waals surface area (Å²) in [6, 6.07) is 16.5. The van der Waals surface area contributed by atoms with E-state index in [0.29, 0.717) is 18.1 Å². The number of nitrogens with one attached hydrogen (secondary N) is 1. The molecule has 0 atom stereocenters. The second-order valence-corrected chi connectivity index (χ2v) is 8.49. The van der Waals surface area contributed by atoms with E-state index in [0.717, 1.165) is 18.7 Å². The normalized spacial score (nSPS) is 13.7. The van der Waals surface area contributed by atoms with Crippen molar-refractivity contribution in [3.63, 3.8) is 0 Å². The number of aromatic nitrogens is 2. The lowest BCUT2D eigenvalue weighted by atomic mass is 9.87. The smallest absolute Gasteiger partial charge is 0.257 e. The standard InChI is InChI=1S/C24H26N4O/c1-24(2,3)20-8-10-21(11-9-20)27-23-25-14-19(15-26-23)22(29)28-13-12-17-6-4-5-7-18(17)16-28/h4-11,14-15H,12-13,16H2,1-3H3,(H,25,26,27). The minimum atomic E-state index is -0.0272. The average Bonchev–Trinajstić information content (AvgIpc) is 2.73. The van der Waals surface area contributed by atoms with Gasteiger partial charge in [-0.2, -0.15) is 0 Å². The van der Waals surface area contributed by atoms with E-state index in [2.05, 4.69) is 60.3 Å². The molecule has 0 saturated heterocycles. The van der Waals surface area contributed by atoms with Crippen LogP contribution in [0.4, 0.5) is 11.6 Å². The fraction of sp³-hybridized carbons (Fsp3) is 0.292. The van der Waals surface area contributed by atoms with Crippen molar-refractivity contribution in [1.29, 1.82) is 0 Å². The van der Waals surface area contributed by atoms with Crippen LogP contribution in [0.15, 0.2) is 60.9 Å². The highest BCUT2D eigenvalue weighted by Crippen LogP contribution is 2.24. The highest BCUT2D eigenvalue weighted by molar-refractivity contribution is 5.93. The van der Waals surface area contributed by atoms with Crippen molar-refractivity contribution in [1.82, 2.24) is 14.9 Å². The number of fused-ring (bicyclic) bond motifs is 1. The Hall–Kier alpha value is -3.21. The molecule has 2 aromatic carbocycles. The van der Waals surface area contributed by atoms with Gasteiger partial charge in [-0.15, -0.1) is 0 Å². The first kappa shape index (κ1) is 19.1. The lowest BCUT2D eigenvalue weighted by Crippen LogP contribution is -2.36. The summed E-state index contributed by atoms with van der Waals surface area (Å²) in [5.74, 6) is 0.453. The van der Waals surface area contributed by atoms with Crippen LogP contribution >= 0.6 is 0 Å². The van der Waals surface area contributed by atoms with E-state index in [1.54, 1.807) is 12.4 Å². The fourth-order valence-electron chi connectivity index (χ4n) is 3.54. The molecule has 2 heterocycles. The van der Waals surface area contributed by atoms with Crippen LogP contribution in [-0.4, -0.2) is 27.3 Å². The molecule has 5 nitrogen and oxygen atoms in total. The summed E-state index contributed by atoms with van der Waals surface area (Å²) in [7, 11) is 0. The van der Waals surface area contributed by atoms with Gasteiger partial charge in [0.15, 0.2) is 0 Å². The molecule has 1 aliphatic rings. The summed E-state index contributed by atoms with van der Waals surface area (Å²) in [4.78, 5) is 23.4. The largest absolute Gasteiger partial charge is 0.334 e. The lowest BCUT2D eigenvalue weighted by molar-refractivity contribution is 0.0734. The van der Waals surface area contributed by atoms with Crippen molar-refractivity contribution < 1.29 is 4.79 Å². The summed E-state index contributed by atoms with van der Waals surface area (Å²) < 4.78 is 0. The van der Waals surface area contributed by atoms with Crippen LogP contribution in [0.25, 0.3) is 0 Å². The van der Waals surface area contributed by atoms with Gasteiger partial charge in [-0.1, -0.05) is 57.2 Å². The number of benzene rings is 2. The summed E-state index contributed by atoms with van der Waals surface area (Å²) in [6.07, 6.45) is 4.08. The molecule has 0 fully saturated rings. The van der Waals surface area contributed by atoms with E-state index < -0.39 is 0 Å². The maximum absolute atomic E-state index is 12.8. The van der Waals surface area contributed by atoms with Crippen molar-refractivity contribution >= 4 is 17.5 Å². The van der Waals surface area contributed by atoms with E-state index >= 15 is 0 Å². The Morgan fingerprint density at radius 1 is 0.966 bits per heavy atom. The zero-order chi connectivity index (χ0) is 20.4. The molecular weight excluding hydrogens is 360 g/mol. The molecule has 0 aliphatic carbocycles. The van der Waals surface area contributed by atoms with Crippen LogP contribution in [0.3, 0.4) is 0 Å². The molecule has 1 N–H and O–H groups in total. The van der Waals surface area contributed by atoms with Crippen molar-refractivity contribution in [2.24, 2.45) is 0 Å². The number of carbonyl (C=O) groups is 1. The molecule has 148 valence electrons. The summed E-state index contributed by atoms with van der Waals surface area (Å²) >= 11 is 0. The van der Waals surface area contributed by atoms with Gasteiger partial charge in [-0.3, -0.25) is 4.79 Å². The van der Waals surface area contributed by atoms with Gasteiger partial charge >= 0.3 is 0 Å². The molecule has 0 bridgehead atoms. The zero-order valence-corrected chi connectivity index (χ0v) is 17.1. The first-order valence-electron chi connectivity index (χ1n) is 9.96. The third-order valence-electron chi connectivity index (χ3n) is 5.32. The molecular formula is C24H26N4O. The van der Waals surface area contributed by atoms with Gasteiger partial charge in [0.05, 0.1) is 5.56 Å². The van der Waals surface area contributed by atoms with Crippen molar-refractivity contribution in [3.05, 3.63) is 83.2 Å². The summed E-state index contributed by atoms with van der Waals surface area (Å²) in [5.41, 5.74) is 5.36. The van der Waals surface area contributed by atoms with Crippen LogP contribution in [0.1, 0.15) is 47.8 Å². The predicted molar refractivity (Wildman–Crippen MR) is 115 cm³/mol. The van der Waals surface area contributed by atoms with Gasteiger partial charge < -0.3 is 10.2 Å². The van der Waals surface area contributed by atoms with Gasteiger partial charge in [0.2, 0.25) is 5.95 Å². The molecule has 0 spiro atoms. The first-order chi connectivity index (χ1) is 13.9. The van der Waals surface area contributed by atoms with E-state index in [4.69, 9.17) is 0 Å². The second-order valence-electron chi connectivity index (χ2n) is 8.49. The van der Waals surface area contributed by atoms with E-state index in [1.165, 1.54) is 16.7 Å².